The van der Waals surface area contributed by atoms with Crippen molar-refractivity contribution in [3.05, 3.63) is 35.0 Å². The number of nitrogens with two attached hydrogens (primary N) is 1. The fourth-order valence-corrected chi connectivity index (χ4v) is 5.33. The van der Waals surface area contributed by atoms with Gasteiger partial charge in [0.05, 0.1) is 6.04 Å². The second-order valence-corrected chi connectivity index (χ2v) is 10.5. The van der Waals surface area contributed by atoms with E-state index in [2.05, 4.69) is 37.2 Å². The first-order valence-electron chi connectivity index (χ1n) is 13.1. The Balaban J connectivity index is 1.06. The van der Waals surface area contributed by atoms with Crippen molar-refractivity contribution in [2.24, 2.45) is 22.6 Å². The monoisotopic (exact) mass is 474 g/mol. The van der Waals surface area contributed by atoms with Gasteiger partial charge in [0.1, 0.15) is 0 Å². The zero-order chi connectivity index (χ0) is 22.9. The van der Waals surface area contributed by atoms with Crippen LogP contribution >= 0.6 is 11.6 Å². The molecule has 6 nitrogen and oxygen atoms in total. The number of piperazine rings is 1. The van der Waals surface area contributed by atoms with E-state index in [-0.39, 0.29) is 6.04 Å². The highest BCUT2D eigenvalue weighted by Crippen LogP contribution is 2.30. The normalized spacial score (nSPS) is 25.8. The van der Waals surface area contributed by atoms with Crippen molar-refractivity contribution in [3.8, 4) is 0 Å². The van der Waals surface area contributed by atoms with Crippen molar-refractivity contribution in [3.63, 3.8) is 0 Å². The standard InChI is InChI=1S/C26H43ClN6/c27-23-6-7-24-25(8-11-30-26(24)20-23)29-10-2-13-31-16-18-32(19-17-31)14-3-15-33(12-1-9-28)21-22-4-5-22/h6-8,11,20,22,24,26,29H,1-5,9-10,12-19,21,28H2. The third-order valence-electron chi connectivity index (χ3n) is 7.32. The quantitative estimate of drug-likeness (QED) is 0.379. The highest BCUT2D eigenvalue weighted by Gasteiger charge is 2.26. The van der Waals surface area contributed by atoms with Crippen LogP contribution in [0.1, 0.15) is 32.1 Å². The topological polar surface area (TPSA) is 60.1 Å². The Hall–Kier alpha value is -1.18. The molecule has 0 spiro atoms. The number of hydrogen-bond donors (Lipinski definition) is 2. The molecule has 4 rings (SSSR count). The van der Waals surface area contributed by atoms with Crippen LogP contribution in [0, 0.1) is 11.8 Å². The zero-order valence-electron chi connectivity index (χ0n) is 20.2. The number of hydrogen-bond acceptors (Lipinski definition) is 6. The van der Waals surface area contributed by atoms with E-state index in [9.17, 15) is 0 Å². The summed E-state index contributed by atoms with van der Waals surface area (Å²) in [5.41, 5.74) is 7.00. The Labute approximate surface area is 205 Å². The summed E-state index contributed by atoms with van der Waals surface area (Å²) >= 11 is 6.13. The second kappa shape index (κ2) is 13.1. The van der Waals surface area contributed by atoms with Crippen molar-refractivity contribution in [2.75, 3.05) is 72.0 Å². The van der Waals surface area contributed by atoms with E-state index >= 15 is 0 Å². The van der Waals surface area contributed by atoms with Crippen LogP contribution in [0.2, 0.25) is 0 Å². The molecule has 2 heterocycles. The van der Waals surface area contributed by atoms with E-state index in [0.717, 1.165) is 30.5 Å². The molecule has 0 amide bonds. The van der Waals surface area contributed by atoms with Gasteiger partial charge in [0.2, 0.25) is 0 Å². The fourth-order valence-electron chi connectivity index (χ4n) is 5.13. The molecule has 4 aliphatic rings. The molecule has 0 radical (unpaired) electrons. The molecule has 1 saturated heterocycles. The van der Waals surface area contributed by atoms with E-state index in [4.69, 9.17) is 17.3 Å². The van der Waals surface area contributed by atoms with Crippen LogP contribution in [0.5, 0.6) is 0 Å². The number of nitrogens with one attached hydrogen (secondary N) is 1. The predicted octanol–water partition coefficient (Wildman–Crippen LogP) is 2.68. The maximum Gasteiger partial charge on any atom is 0.0814 e. The molecule has 2 aliphatic heterocycles. The van der Waals surface area contributed by atoms with Crippen molar-refractivity contribution in [1.82, 2.24) is 20.0 Å². The van der Waals surface area contributed by atoms with Gasteiger partial charge in [-0.05, 0) is 89.0 Å². The van der Waals surface area contributed by atoms with Crippen molar-refractivity contribution in [2.45, 2.75) is 38.1 Å². The Bertz CT molecular complexity index is 720. The number of nitrogens with zero attached hydrogens (tertiary/aromatic N) is 4. The van der Waals surface area contributed by atoms with Gasteiger partial charge in [-0.1, -0.05) is 17.7 Å². The summed E-state index contributed by atoms with van der Waals surface area (Å²) in [6.45, 7) is 12.8. The van der Waals surface area contributed by atoms with Crippen LogP contribution in [0.15, 0.2) is 40.0 Å². The third-order valence-corrected chi connectivity index (χ3v) is 7.57. The molecule has 7 heteroatoms. The molecule has 2 atom stereocenters. The first kappa shape index (κ1) is 24.9. The Morgan fingerprint density at radius 1 is 1.06 bits per heavy atom. The molecule has 33 heavy (non-hydrogen) atoms. The molecule has 0 aromatic carbocycles. The van der Waals surface area contributed by atoms with Gasteiger partial charge in [0.25, 0.3) is 0 Å². The molecule has 1 saturated carbocycles. The van der Waals surface area contributed by atoms with Gasteiger partial charge in [0.15, 0.2) is 0 Å². The number of dihydropyridines is 1. The Kier molecular flexibility index (Phi) is 9.86. The van der Waals surface area contributed by atoms with Gasteiger partial charge in [-0.3, -0.25) is 4.99 Å². The SMILES string of the molecule is NCCCN(CCCN1CCN(CCCNC2=CC=NC3C=C(Cl)C=CC23)CC1)CC1CC1. The summed E-state index contributed by atoms with van der Waals surface area (Å²) in [6, 6.07) is 0.143. The second-order valence-electron chi connectivity index (χ2n) is 10.1. The molecule has 0 aromatic rings. The van der Waals surface area contributed by atoms with E-state index in [1.54, 1.807) is 0 Å². The van der Waals surface area contributed by atoms with Gasteiger partial charge in [0, 0.05) is 62.1 Å². The van der Waals surface area contributed by atoms with Crippen LogP contribution < -0.4 is 11.1 Å². The maximum absolute atomic E-state index is 6.13. The molecular weight excluding hydrogens is 432 g/mol. The van der Waals surface area contributed by atoms with Crippen LogP contribution in [0.25, 0.3) is 0 Å². The van der Waals surface area contributed by atoms with Crippen LogP contribution in [0.3, 0.4) is 0 Å². The first-order chi connectivity index (χ1) is 16.2. The number of fused-ring (bicyclic) bond motifs is 1. The summed E-state index contributed by atoms with van der Waals surface area (Å²) in [5.74, 6) is 1.27. The Morgan fingerprint density at radius 3 is 2.52 bits per heavy atom. The molecule has 0 aromatic heterocycles. The van der Waals surface area contributed by atoms with E-state index < -0.39 is 0 Å². The van der Waals surface area contributed by atoms with Gasteiger partial charge in [-0.2, -0.15) is 0 Å². The summed E-state index contributed by atoms with van der Waals surface area (Å²) in [6.07, 6.45) is 16.7. The third kappa shape index (κ3) is 8.22. The maximum atomic E-state index is 6.13. The average Bonchev–Trinajstić information content (AvgIpc) is 3.65. The van der Waals surface area contributed by atoms with Crippen molar-refractivity contribution < 1.29 is 0 Å². The van der Waals surface area contributed by atoms with Crippen molar-refractivity contribution >= 4 is 17.8 Å². The minimum absolute atomic E-state index is 0.143. The first-order valence-corrected chi connectivity index (χ1v) is 13.5. The molecule has 0 bridgehead atoms. The van der Waals surface area contributed by atoms with Crippen LogP contribution in [-0.2, 0) is 0 Å². The lowest BCUT2D eigenvalue weighted by molar-refractivity contribution is 0.125. The smallest absolute Gasteiger partial charge is 0.0814 e. The highest BCUT2D eigenvalue weighted by atomic mass is 35.5. The van der Waals surface area contributed by atoms with E-state index in [0.29, 0.717) is 5.92 Å². The van der Waals surface area contributed by atoms with Gasteiger partial charge in [-0.15, -0.1) is 0 Å². The average molecular weight is 475 g/mol. The number of halogens is 1. The van der Waals surface area contributed by atoms with Crippen LogP contribution in [0.4, 0.5) is 0 Å². The summed E-state index contributed by atoms with van der Waals surface area (Å²) in [5, 5.41) is 4.44. The summed E-state index contributed by atoms with van der Waals surface area (Å²) < 4.78 is 0. The minimum Gasteiger partial charge on any atom is -0.388 e. The lowest BCUT2D eigenvalue weighted by atomic mass is 9.90. The molecular formula is C26H43ClN6. The van der Waals surface area contributed by atoms with E-state index in [1.165, 1.54) is 90.3 Å². The highest BCUT2D eigenvalue weighted by molar-refractivity contribution is 6.31. The largest absolute Gasteiger partial charge is 0.388 e. The van der Waals surface area contributed by atoms with Crippen molar-refractivity contribution in [1.29, 1.82) is 0 Å². The molecule has 2 fully saturated rings. The molecule has 184 valence electrons. The number of allylic oxidation sites excluding steroid dienone is 3. The lowest BCUT2D eigenvalue weighted by Crippen LogP contribution is -2.47. The summed E-state index contributed by atoms with van der Waals surface area (Å²) in [7, 11) is 0. The van der Waals surface area contributed by atoms with Gasteiger partial charge in [-0.25, -0.2) is 0 Å². The lowest BCUT2D eigenvalue weighted by Gasteiger charge is -2.35. The van der Waals surface area contributed by atoms with E-state index in [1.807, 2.05) is 18.4 Å². The summed E-state index contributed by atoms with van der Waals surface area (Å²) in [4.78, 5) is 12.5. The molecule has 3 N–H and O–H groups in total. The van der Waals surface area contributed by atoms with Gasteiger partial charge >= 0.3 is 0 Å². The number of rotatable bonds is 14. The molecule has 2 aliphatic carbocycles. The molecule has 2 unspecified atom stereocenters. The van der Waals surface area contributed by atoms with Gasteiger partial charge < -0.3 is 25.8 Å². The Morgan fingerprint density at radius 2 is 1.79 bits per heavy atom. The number of aliphatic imine (C=N–C) groups is 1. The zero-order valence-corrected chi connectivity index (χ0v) is 20.9. The predicted molar refractivity (Wildman–Crippen MR) is 140 cm³/mol. The van der Waals surface area contributed by atoms with Crippen LogP contribution in [-0.4, -0.2) is 98.9 Å². The fraction of sp³-hybridized carbons (Fsp3) is 0.731. The minimum atomic E-state index is 0.143.